The molecule has 0 heterocycles. The first-order valence-electron chi connectivity index (χ1n) is 5.70. The molecule has 18 heavy (non-hydrogen) atoms. The largest absolute Gasteiger partial charge is 0.507 e. The van der Waals surface area contributed by atoms with Gasteiger partial charge in [-0.25, -0.2) is 0 Å². The maximum Gasteiger partial charge on any atom is 0.310 e. The molecule has 0 aliphatic rings. The number of benzene rings is 2. The minimum absolute atomic E-state index is 0.104. The van der Waals surface area contributed by atoms with E-state index in [9.17, 15) is 9.90 Å². The van der Waals surface area contributed by atoms with E-state index in [0.29, 0.717) is 11.1 Å². The molecule has 0 aliphatic heterocycles. The van der Waals surface area contributed by atoms with E-state index < -0.39 is 11.9 Å². The third-order valence-corrected chi connectivity index (χ3v) is 2.98. The summed E-state index contributed by atoms with van der Waals surface area (Å²) in [5.74, 6) is -1.42. The summed E-state index contributed by atoms with van der Waals surface area (Å²) in [5, 5.41) is 18.9. The lowest BCUT2D eigenvalue weighted by atomic mass is 9.97. The Labute approximate surface area is 105 Å². The predicted octanol–water partition coefficient (Wildman–Crippen LogP) is 3.25. The van der Waals surface area contributed by atoms with Gasteiger partial charge in [-0.15, -0.1) is 0 Å². The number of hydrogen-bond acceptors (Lipinski definition) is 2. The maximum absolute atomic E-state index is 10.9. The molecule has 92 valence electrons. The van der Waals surface area contributed by atoms with Crippen molar-refractivity contribution in [2.24, 2.45) is 0 Å². The number of carboxylic acid groups (broad SMARTS) is 1. The molecule has 0 saturated heterocycles. The topological polar surface area (TPSA) is 57.5 Å². The maximum atomic E-state index is 10.9. The molecule has 0 amide bonds. The minimum atomic E-state index is -0.901. The zero-order valence-electron chi connectivity index (χ0n) is 10.00. The van der Waals surface area contributed by atoms with Gasteiger partial charge in [0.2, 0.25) is 0 Å². The van der Waals surface area contributed by atoms with Gasteiger partial charge in [0.25, 0.3) is 0 Å². The van der Waals surface area contributed by atoms with E-state index in [1.165, 1.54) is 6.07 Å². The summed E-state index contributed by atoms with van der Waals surface area (Å²) in [6.07, 6.45) is 0. The van der Waals surface area contributed by atoms with Crippen LogP contribution in [0.5, 0.6) is 5.75 Å². The fraction of sp³-hybridized carbons (Fsp3) is 0.133. The summed E-state index contributed by atoms with van der Waals surface area (Å²) >= 11 is 0. The molecule has 2 rings (SSSR count). The van der Waals surface area contributed by atoms with Gasteiger partial charge in [0, 0.05) is 5.56 Å². The molecule has 0 radical (unpaired) electrons. The lowest BCUT2D eigenvalue weighted by molar-refractivity contribution is -0.138. The molecular weight excluding hydrogens is 228 g/mol. The van der Waals surface area contributed by atoms with Crippen LogP contribution in [0.3, 0.4) is 0 Å². The first-order valence-corrected chi connectivity index (χ1v) is 5.70. The molecule has 0 aliphatic carbocycles. The van der Waals surface area contributed by atoms with Gasteiger partial charge in [-0.3, -0.25) is 4.79 Å². The fourth-order valence-electron chi connectivity index (χ4n) is 1.82. The number of phenols is 1. The molecule has 0 spiro atoms. The lowest BCUT2D eigenvalue weighted by Crippen LogP contribution is -2.07. The summed E-state index contributed by atoms with van der Waals surface area (Å²) in [4.78, 5) is 10.9. The molecule has 2 aromatic rings. The molecule has 0 bridgehead atoms. The number of rotatable bonds is 3. The van der Waals surface area contributed by atoms with E-state index >= 15 is 0 Å². The molecule has 0 fully saturated rings. The Bertz CT molecular complexity index is 561. The van der Waals surface area contributed by atoms with E-state index in [1.54, 1.807) is 19.1 Å². The van der Waals surface area contributed by atoms with Crippen LogP contribution in [-0.4, -0.2) is 16.2 Å². The van der Waals surface area contributed by atoms with Crippen LogP contribution in [0.15, 0.2) is 48.5 Å². The number of phenolic OH excluding ortho intramolecular Hbond substituents is 1. The molecule has 3 heteroatoms. The average Bonchev–Trinajstić information content (AvgIpc) is 2.38. The van der Waals surface area contributed by atoms with Crippen molar-refractivity contribution in [2.45, 2.75) is 12.8 Å². The lowest BCUT2D eigenvalue weighted by Gasteiger charge is -2.10. The van der Waals surface area contributed by atoms with Crippen LogP contribution in [0.1, 0.15) is 18.4 Å². The van der Waals surface area contributed by atoms with E-state index in [1.807, 2.05) is 30.3 Å². The quantitative estimate of drug-likeness (QED) is 0.868. The van der Waals surface area contributed by atoms with Crippen molar-refractivity contribution >= 4 is 5.97 Å². The first-order chi connectivity index (χ1) is 8.59. The number of aliphatic carboxylic acids is 1. The zero-order chi connectivity index (χ0) is 13.1. The van der Waals surface area contributed by atoms with Crippen molar-refractivity contribution in [3.8, 4) is 16.9 Å². The molecule has 0 unspecified atom stereocenters. The van der Waals surface area contributed by atoms with Crippen molar-refractivity contribution in [3.63, 3.8) is 0 Å². The van der Waals surface area contributed by atoms with E-state index in [4.69, 9.17) is 5.11 Å². The normalized spacial score (nSPS) is 12.1. The zero-order valence-corrected chi connectivity index (χ0v) is 10.00. The summed E-state index contributed by atoms with van der Waals surface area (Å²) in [6, 6.07) is 14.5. The minimum Gasteiger partial charge on any atom is -0.507 e. The molecule has 1 atom stereocenters. The van der Waals surface area contributed by atoms with Crippen molar-refractivity contribution in [2.75, 3.05) is 0 Å². The number of hydrogen-bond donors (Lipinski definition) is 2. The number of aromatic hydroxyl groups is 1. The Morgan fingerprint density at radius 1 is 1.11 bits per heavy atom. The van der Waals surface area contributed by atoms with Gasteiger partial charge in [-0.2, -0.15) is 0 Å². The average molecular weight is 242 g/mol. The molecule has 0 saturated carbocycles. The highest BCUT2D eigenvalue weighted by Crippen LogP contribution is 2.31. The van der Waals surface area contributed by atoms with E-state index in [0.717, 1.165) is 5.56 Å². The smallest absolute Gasteiger partial charge is 0.310 e. The van der Waals surface area contributed by atoms with Gasteiger partial charge in [-0.05, 0) is 24.1 Å². The number of carboxylic acids is 1. The van der Waals surface area contributed by atoms with Gasteiger partial charge in [-0.1, -0.05) is 42.5 Å². The van der Waals surface area contributed by atoms with Crippen molar-refractivity contribution < 1.29 is 15.0 Å². The third-order valence-electron chi connectivity index (χ3n) is 2.98. The summed E-state index contributed by atoms with van der Waals surface area (Å²) in [6.45, 7) is 1.60. The highest BCUT2D eigenvalue weighted by Gasteiger charge is 2.15. The number of carbonyl (C=O) groups is 1. The highest BCUT2D eigenvalue weighted by atomic mass is 16.4. The van der Waals surface area contributed by atoms with Crippen molar-refractivity contribution in [1.29, 1.82) is 0 Å². The van der Waals surface area contributed by atoms with Crippen LogP contribution < -0.4 is 0 Å². The van der Waals surface area contributed by atoms with Gasteiger partial charge in [0.05, 0.1) is 5.92 Å². The van der Waals surface area contributed by atoms with Gasteiger partial charge < -0.3 is 10.2 Å². The first kappa shape index (κ1) is 12.2. The van der Waals surface area contributed by atoms with Crippen LogP contribution >= 0.6 is 0 Å². The molecule has 0 aromatic heterocycles. The van der Waals surface area contributed by atoms with Crippen LogP contribution in [0.4, 0.5) is 0 Å². The second-order valence-corrected chi connectivity index (χ2v) is 4.20. The Kier molecular flexibility index (Phi) is 3.33. The third kappa shape index (κ3) is 2.35. The fourth-order valence-corrected chi connectivity index (χ4v) is 1.82. The Hall–Kier alpha value is -2.29. The van der Waals surface area contributed by atoms with Crippen molar-refractivity contribution in [3.05, 3.63) is 54.1 Å². The highest BCUT2D eigenvalue weighted by molar-refractivity contribution is 5.77. The summed E-state index contributed by atoms with van der Waals surface area (Å²) in [7, 11) is 0. The second-order valence-electron chi connectivity index (χ2n) is 4.20. The van der Waals surface area contributed by atoms with Crippen LogP contribution in [0, 0.1) is 0 Å². The van der Waals surface area contributed by atoms with Crippen LogP contribution in [-0.2, 0) is 4.79 Å². The monoisotopic (exact) mass is 242 g/mol. The Balaban J connectivity index is 2.40. The standard InChI is InChI=1S/C15H14O3/c1-10(15(17)18)12-7-8-13(14(16)9-12)11-5-3-2-4-6-11/h2-10,16H,1H3,(H,17,18)/t10-/m1/s1. The summed E-state index contributed by atoms with van der Waals surface area (Å²) in [5.41, 5.74) is 2.21. The molecule has 2 N–H and O–H groups in total. The Morgan fingerprint density at radius 2 is 1.78 bits per heavy atom. The van der Waals surface area contributed by atoms with Crippen LogP contribution in [0.2, 0.25) is 0 Å². The van der Waals surface area contributed by atoms with Gasteiger partial charge in [0.1, 0.15) is 5.75 Å². The van der Waals surface area contributed by atoms with Gasteiger partial charge >= 0.3 is 5.97 Å². The predicted molar refractivity (Wildman–Crippen MR) is 69.6 cm³/mol. The van der Waals surface area contributed by atoms with Crippen LogP contribution in [0.25, 0.3) is 11.1 Å². The molecule has 3 nitrogen and oxygen atoms in total. The SMILES string of the molecule is C[C@@H](C(=O)O)c1ccc(-c2ccccc2)c(O)c1. The van der Waals surface area contributed by atoms with E-state index in [-0.39, 0.29) is 5.75 Å². The molecular formula is C15H14O3. The van der Waals surface area contributed by atoms with Gasteiger partial charge in [0.15, 0.2) is 0 Å². The van der Waals surface area contributed by atoms with Crippen molar-refractivity contribution in [1.82, 2.24) is 0 Å². The summed E-state index contributed by atoms with van der Waals surface area (Å²) < 4.78 is 0. The Morgan fingerprint density at radius 3 is 2.33 bits per heavy atom. The van der Waals surface area contributed by atoms with E-state index in [2.05, 4.69) is 0 Å². The second kappa shape index (κ2) is 4.92. The molecule has 2 aromatic carbocycles.